The van der Waals surface area contributed by atoms with E-state index in [1.807, 2.05) is 0 Å². The average molecular weight is 405 g/mol. The van der Waals surface area contributed by atoms with Crippen LogP contribution in [0.15, 0.2) is 14.4 Å². The Morgan fingerprint density at radius 1 is 0.889 bits per heavy atom. The fraction of sp³-hybridized carbons (Fsp3) is 0.800. The number of hydrogen-bond acceptors (Lipinski definition) is 9. The van der Waals surface area contributed by atoms with Gasteiger partial charge in [-0.2, -0.15) is 11.8 Å². The van der Waals surface area contributed by atoms with Crippen molar-refractivity contribution in [1.29, 1.82) is 0 Å². The largest absolute Gasteiger partial charge is 0.394 e. The topological polar surface area (TPSA) is 152 Å². The maximum absolute atomic E-state index is 12.6. The Kier molecular flexibility index (Phi) is 6.55. The van der Waals surface area contributed by atoms with Crippen molar-refractivity contribution in [2.45, 2.75) is 44.1 Å². The van der Waals surface area contributed by atoms with Crippen LogP contribution in [0.3, 0.4) is 0 Å². The summed E-state index contributed by atoms with van der Waals surface area (Å²) in [4.78, 5) is 37.8. The zero-order valence-electron chi connectivity index (χ0n) is 14.6. The summed E-state index contributed by atoms with van der Waals surface area (Å²) in [5.41, 5.74) is -2.28. The van der Waals surface area contributed by atoms with Gasteiger partial charge in [0.25, 0.3) is 0 Å². The first-order valence-electron chi connectivity index (χ1n) is 8.63. The van der Waals surface area contributed by atoms with Crippen LogP contribution < -0.4 is 17.1 Å². The zero-order valence-corrected chi connectivity index (χ0v) is 15.4. The van der Waals surface area contributed by atoms with E-state index in [-0.39, 0.29) is 50.0 Å². The van der Waals surface area contributed by atoms with Crippen LogP contribution in [0.1, 0.15) is 0 Å². The van der Waals surface area contributed by atoms with Crippen molar-refractivity contribution >= 4 is 11.8 Å². The van der Waals surface area contributed by atoms with Crippen LogP contribution in [0, 0.1) is 0 Å². The lowest BCUT2D eigenvalue weighted by molar-refractivity contribution is 0.113. The second-order valence-corrected chi connectivity index (χ2v) is 7.69. The Bertz CT molecular complexity index is 774. The minimum Gasteiger partial charge on any atom is -0.394 e. The molecule has 3 rings (SSSR count). The molecule has 4 atom stereocenters. The normalized spacial score (nSPS) is 23.2. The third-order valence-electron chi connectivity index (χ3n) is 4.19. The molecule has 0 radical (unpaired) electrons. The van der Waals surface area contributed by atoms with Crippen LogP contribution >= 0.6 is 11.8 Å². The van der Waals surface area contributed by atoms with E-state index in [2.05, 4.69) is 0 Å². The summed E-state index contributed by atoms with van der Waals surface area (Å²) < 4.78 is 12.9. The van der Waals surface area contributed by atoms with Gasteiger partial charge >= 0.3 is 17.1 Å². The van der Waals surface area contributed by atoms with Crippen LogP contribution in [0.2, 0.25) is 0 Å². The van der Waals surface area contributed by atoms with E-state index in [1.54, 1.807) is 0 Å². The van der Waals surface area contributed by atoms with Gasteiger partial charge < -0.3 is 24.8 Å². The minimum atomic E-state index is -1.04. The Balaban J connectivity index is 1.80. The lowest BCUT2D eigenvalue weighted by atomic mass is 10.4. The fourth-order valence-electron chi connectivity index (χ4n) is 2.56. The molecule has 1 aromatic rings. The van der Waals surface area contributed by atoms with Gasteiger partial charge in [0, 0.05) is 11.5 Å². The van der Waals surface area contributed by atoms with E-state index in [4.69, 9.17) is 14.6 Å². The Labute approximate surface area is 157 Å². The Morgan fingerprint density at radius 2 is 1.33 bits per heavy atom. The molecule has 12 heteroatoms. The van der Waals surface area contributed by atoms with Gasteiger partial charge in [0.05, 0.1) is 63.9 Å². The maximum atomic E-state index is 12.6. The second-order valence-electron chi connectivity index (χ2n) is 6.62. The number of aliphatic hydroxyl groups excluding tert-OH is 3. The minimum absolute atomic E-state index is 0.0526. The first-order valence-corrected chi connectivity index (χ1v) is 9.78. The van der Waals surface area contributed by atoms with Crippen molar-refractivity contribution in [3.05, 3.63) is 31.5 Å². The number of thioether (sulfide) groups is 1. The van der Waals surface area contributed by atoms with E-state index in [1.165, 1.54) is 11.8 Å². The molecule has 152 valence electrons. The van der Waals surface area contributed by atoms with E-state index < -0.39 is 29.3 Å². The number of aliphatic hydroxyl groups is 3. The predicted octanol–water partition coefficient (Wildman–Crippen LogP) is -3.58. The Morgan fingerprint density at radius 3 is 1.78 bits per heavy atom. The molecule has 2 aliphatic rings. The highest BCUT2D eigenvalue weighted by Gasteiger charge is 2.29. The summed E-state index contributed by atoms with van der Waals surface area (Å²) in [7, 11) is 0. The summed E-state index contributed by atoms with van der Waals surface area (Å²) >= 11 is 1.19. The molecule has 2 fully saturated rings. The molecule has 0 bridgehead atoms. The molecule has 27 heavy (non-hydrogen) atoms. The zero-order chi connectivity index (χ0) is 19.6. The number of hydrogen-bond donors (Lipinski definition) is 3. The van der Waals surface area contributed by atoms with E-state index in [0.29, 0.717) is 13.2 Å². The smallest absolute Gasteiger partial charge is 0.336 e. The van der Waals surface area contributed by atoms with E-state index in [9.17, 15) is 24.6 Å². The van der Waals surface area contributed by atoms with Crippen molar-refractivity contribution in [1.82, 2.24) is 13.7 Å². The van der Waals surface area contributed by atoms with E-state index >= 15 is 0 Å². The van der Waals surface area contributed by atoms with Crippen LogP contribution in [-0.4, -0.2) is 84.8 Å². The first-order chi connectivity index (χ1) is 12.9. The predicted molar refractivity (Wildman–Crippen MR) is 95.1 cm³/mol. The van der Waals surface area contributed by atoms with Gasteiger partial charge in [0.1, 0.15) is 0 Å². The molecule has 0 aliphatic carbocycles. The number of nitrogens with zero attached hydrogens (tertiary/aromatic N) is 3. The van der Waals surface area contributed by atoms with Crippen molar-refractivity contribution in [3.63, 3.8) is 0 Å². The van der Waals surface area contributed by atoms with Gasteiger partial charge in [-0.25, -0.2) is 28.1 Å². The molecule has 11 nitrogen and oxygen atoms in total. The van der Waals surface area contributed by atoms with Crippen molar-refractivity contribution in [2.75, 3.05) is 31.3 Å². The van der Waals surface area contributed by atoms with Gasteiger partial charge in [-0.15, -0.1) is 0 Å². The first kappa shape index (κ1) is 20.3. The molecule has 4 unspecified atom stereocenters. The molecule has 0 saturated carbocycles. The van der Waals surface area contributed by atoms with Gasteiger partial charge in [-0.1, -0.05) is 0 Å². The summed E-state index contributed by atoms with van der Waals surface area (Å²) in [6.07, 6.45) is -2.40. The molecule has 2 saturated heterocycles. The fourth-order valence-corrected chi connectivity index (χ4v) is 3.45. The molecule has 0 amide bonds. The highest BCUT2D eigenvalue weighted by Crippen LogP contribution is 2.11. The molecule has 3 heterocycles. The highest BCUT2D eigenvalue weighted by molar-refractivity contribution is 7.99. The lowest BCUT2D eigenvalue weighted by Gasteiger charge is -2.16. The van der Waals surface area contributed by atoms with Gasteiger partial charge in [-0.05, 0) is 0 Å². The van der Waals surface area contributed by atoms with Crippen LogP contribution in [0.5, 0.6) is 0 Å². The second kappa shape index (κ2) is 8.71. The standard InChI is InChI=1S/C15H23N3O8S/c19-4-10(21)8-27-7-9(20)1-16-13(22)17(2-11-5-25-11)15(24)18(14(16)23)3-12-6-26-12/h9-12,19-21H,1-8H2. The molecule has 3 N–H and O–H groups in total. The third kappa shape index (κ3) is 5.30. The van der Waals surface area contributed by atoms with Crippen molar-refractivity contribution in [2.24, 2.45) is 0 Å². The van der Waals surface area contributed by atoms with Crippen LogP contribution in [0.25, 0.3) is 0 Å². The molecular formula is C15H23N3O8S. The van der Waals surface area contributed by atoms with Crippen molar-refractivity contribution < 1.29 is 24.8 Å². The van der Waals surface area contributed by atoms with Gasteiger partial charge in [0.15, 0.2) is 0 Å². The van der Waals surface area contributed by atoms with Crippen LogP contribution in [-0.2, 0) is 29.1 Å². The monoisotopic (exact) mass is 405 g/mol. The summed E-state index contributed by atoms with van der Waals surface area (Å²) in [5.74, 6) is 0.365. The van der Waals surface area contributed by atoms with Gasteiger partial charge in [0.2, 0.25) is 0 Å². The van der Waals surface area contributed by atoms with Gasteiger partial charge in [-0.3, -0.25) is 0 Å². The molecular weight excluding hydrogens is 382 g/mol. The maximum Gasteiger partial charge on any atom is 0.336 e. The average Bonchev–Trinajstić information content (AvgIpc) is 3.54. The molecule has 1 aromatic heterocycles. The third-order valence-corrected chi connectivity index (χ3v) is 5.43. The number of epoxide rings is 2. The number of ether oxygens (including phenoxy) is 2. The quantitative estimate of drug-likeness (QED) is 0.317. The molecule has 0 aromatic carbocycles. The highest BCUT2D eigenvalue weighted by atomic mass is 32.2. The van der Waals surface area contributed by atoms with E-state index in [0.717, 1.165) is 13.7 Å². The summed E-state index contributed by atoms with van der Waals surface area (Å²) in [5, 5.41) is 28.3. The summed E-state index contributed by atoms with van der Waals surface area (Å²) in [6.45, 7) is 0.336. The molecule has 2 aliphatic heterocycles. The number of rotatable bonds is 11. The summed E-state index contributed by atoms with van der Waals surface area (Å²) in [6, 6.07) is 0. The number of aromatic nitrogens is 3. The van der Waals surface area contributed by atoms with Crippen molar-refractivity contribution in [3.8, 4) is 0 Å². The molecule has 0 spiro atoms. The lowest BCUT2D eigenvalue weighted by Crippen LogP contribution is -2.56. The SMILES string of the molecule is O=c1n(CC(O)CSCC(O)CO)c(=O)n(CC2CO2)c(=O)n1CC1CO1. The Hall–Kier alpha value is -1.44. The van der Waals surface area contributed by atoms with Crippen LogP contribution in [0.4, 0.5) is 0 Å².